The molecule has 0 unspecified atom stereocenters. The summed E-state index contributed by atoms with van der Waals surface area (Å²) in [4.78, 5) is 27.5. The van der Waals surface area contributed by atoms with Crippen molar-refractivity contribution in [3.05, 3.63) is 70.7 Å². The van der Waals surface area contributed by atoms with E-state index in [0.29, 0.717) is 11.3 Å². The van der Waals surface area contributed by atoms with E-state index in [-0.39, 0.29) is 29.7 Å². The number of benzene rings is 2. The first kappa shape index (κ1) is 20.8. The maximum Gasteiger partial charge on any atom is 0.256 e. The fourth-order valence-electron chi connectivity index (χ4n) is 4.10. The first-order valence-corrected chi connectivity index (χ1v) is 12.3. The van der Waals surface area contributed by atoms with E-state index in [1.165, 1.54) is 17.0 Å². The van der Waals surface area contributed by atoms with Crippen molar-refractivity contribution in [3.63, 3.8) is 0 Å². The molecule has 2 aliphatic rings. The van der Waals surface area contributed by atoms with Crippen molar-refractivity contribution in [2.24, 2.45) is 0 Å². The van der Waals surface area contributed by atoms with E-state index in [1.807, 2.05) is 22.9 Å². The van der Waals surface area contributed by atoms with Crippen LogP contribution < -0.4 is 10.0 Å². The van der Waals surface area contributed by atoms with Crippen LogP contribution in [-0.2, 0) is 14.8 Å². The monoisotopic (exact) mass is 471 g/mol. The van der Waals surface area contributed by atoms with Crippen LogP contribution in [0.3, 0.4) is 0 Å². The van der Waals surface area contributed by atoms with Crippen LogP contribution in [0.25, 0.3) is 11.1 Å². The standard InChI is InChI=1S/C22H18FN3O4S2/c23-15-2-4-17(5-3-15)32(29,30)25-16-10-20-21(27)24-19-6-1-13(14-7-8-31-12-14)9-18(19)22(28)26(20)11-16/h1-9,12,16,20,25H,10-11H2,(H,24,27)/t16-,20-/m1/s1. The molecule has 2 atom stereocenters. The van der Waals surface area contributed by atoms with Gasteiger partial charge in [0.1, 0.15) is 11.9 Å². The molecule has 0 spiro atoms. The molecule has 3 heterocycles. The number of hydrogen-bond donors (Lipinski definition) is 2. The fraction of sp³-hybridized carbons (Fsp3) is 0.182. The SMILES string of the molecule is O=C1Nc2ccc(-c3ccsc3)cc2C(=O)N2C[C@H](NS(=O)(=O)c3ccc(F)cc3)C[C@H]12. The summed E-state index contributed by atoms with van der Waals surface area (Å²) in [6, 6.07) is 10.3. The quantitative estimate of drug-likeness (QED) is 0.611. The molecule has 5 rings (SSSR count). The van der Waals surface area contributed by atoms with E-state index in [0.717, 1.165) is 23.3 Å². The number of carbonyl (C=O) groups is 2. The molecule has 2 aliphatic heterocycles. The Morgan fingerprint density at radius 1 is 1.06 bits per heavy atom. The summed E-state index contributed by atoms with van der Waals surface area (Å²) in [6.07, 6.45) is 0.142. The van der Waals surface area contributed by atoms with E-state index >= 15 is 0 Å². The normalized spacial score (nSPS) is 20.5. The molecule has 0 aliphatic carbocycles. The van der Waals surface area contributed by atoms with Crippen molar-refractivity contribution in [2.45, 2.75) is 23.4 Å². The molecular formula is C22H18FN3O4S2. The number of rotatable bonds is 4. The van der Waals surface area contributed by atoms with Crippen LogP contribution in [0.15, 0.2) is 64.2 Å². The number of sulfonamides is 1. The highest BCUT2D eigenvalue weighted by Crippen LogP contribution is 2.33. The largest absolute Gasteiger partial charge is 0.325 e. The van der Waals surface area contributed by atoms with Gasteiger partial charge in [-0.25, -0.2) is 17.5 Å². The zero-order valence-corrected chi connectivity index (χ0v) is 18.3. The van der Waals surface area contributed by atoms with E-state index < -0.39 is 27.9 Å². The third-order valence-electron chi connectivity index (χ3n) is 5.67. The number of hydrogen-bond acceptors (Lipinski definition) is 5. The van der Waals surface area contributed by atoms with Gasteiger partial charge in [-0.1, -0.05) is 6.07 Å². The van der Waals surface area contributed by atoms with Gasteiger partial charge in [0.05, 0.1) is 16.1 Å². The van der Waals surface area contributed by atoms with Gasteiger partial charge in [0.15, 0.2) is 0 Å². The highest BCUT2D eigenvalue weighted by atomic mass is 32.2. The molecule has 32 heavy (non-hydrogen) atoms. The average Bonchev–Trinajstić information content (AvgIpc) is 3.42. The van der Waals surface area contributed by atoms with Crippen LogP contribution in [0, 0.1) is 5.82 Å². The van der Waals surface area contributed by atoms with Gasteiger partial charge in [0.2, 0.25) is 15.9 Å². The van der Waals surface area contributed by atoms with E-state index in [4.69, 9.17) is 0 Å². The van der Waals surface area contributed by atoms with Crippen molar-refractivity contribution in [1.82, 2.24) is 9.62 Å². The summed E-state index contributed by atoms with van der Waals surface area (Å²) in [7, 11) is -3.93. The van der Waals surface area contributed by atoms with Crippen molar-refractivity contribution in [1.29, 1.82) is 0 Å². The summed E-state index contributed by atoms with van der Waals surface area (Å²) in [5.74, 6) is -1.23. The number of nitrogens with one attached hydrogen (secondary N) is 2. The van der Waals surface area contributed by atoms with Crippen molar-refractivity contribution >= 4 is 38.9 Å². The minimum atomic E-state index is -3.93. The number of amides is 2. The minimum Gasteiger partial charge on any atom is -0.325 e. The maximum atomic E-state index is 13.3. The van der Waals surface area contributed by atoms with Crippen LogP contribution in [0.1, 0.15) is 16.8 Å². The van der Waals surface area contributed by atoms with Gasteiger partial charge in [0.25, 0.3) is 5.91 Å². The van der Waals surface area contributed by atoms with Gasteiger partial charge >= 0.3 is 0 Å². The lowest BCUT2D eigenvalue weighted by Gasteiger charge is -2.20. The van der Waals surface area contributed by atoms with Gasteiger partial charge < -0.3 is 10.2 Å². The van der Waals surface area contributed by atoms with Gasteiger partial charge in [-0.3, -0.25) is 9.59 Å². The molecule has 2 aromatic carbocycles. The predicted octanol–water partition coefficient (Wildman–Crippen LogP) is 3.07. The maximum absolute atomic E-state index is 13.3. The Balaban J connectivity index is 1.41. The van der Waals surface area contributed by atoms with Crippen LogP contribution in [0.4, 0.5) is 10.1 Å². The second-order valence-corrected chi connectivity index (χ2v) is 10.2. The van der Waals surface area contributed by atoms with Gasteiger partial charge in [-0.2, -0.15) is 11.3 Å². The molecule has 3 aromatic rings. The first-order valence-electron chi connectivity index (χ1n) is 9.88. The van der Waals surface area contributed by atoms with Crippen LogP contribution >= 0.6 is 11.3 Å². The number of thiophene rings is 1. The zero-order valence-electron chi connectivity index (χ0n) is 16.6. The van der Waals surface area contributed by atoms with Gasteiger partial charge in [0, 0.05) is 12.6 Å². The number of carbonyl (C=O) groups excluding carboxylic acids is 2. The molecule has 164 valence electrons. The molecule has 2 N–H and O–H groups in total. The fourth-order valence-corrected chi connectivity index (χ4v) is 6.01. The van der Waals surface area contributed by atoms with Crippen molar-refractivity contribution in [3.8, 4) is 11.1 Å². The lowest BCUT2D eigenvalue weighted by molar-refractivity contribution is -0.119. The van der Waals surface area contributed by atoms with E-state index in [1.54, 1.807) is 23.5 Å². The number of anilines is 1. The average molecular weight is 472 g/mol. The Labute approximate surface area is 187 Å². The second kappa shape index (κ2) is 7.80. The Bertz CT molecular complexity index is 1310. The topological polar surface area (TPSA) is 95.6 Å². The molecule has 7 nitrogen and oxygen atoms in total. The second-order valence-electron chi connectivity index (χ2n) is 7.74. The molecule has 0 bridgehead atoms. The Morgan fingerprint density at radius 2 is 1.84 bits per heavy atom. The van der Waals surface area contributed by atoms with Crippen molar-refractivity contribution in [2.75, 3.05) is 11.9 Å². The van der Waals surface area contributed by atoms with Gasteiger partial charge in [-0.15, -0.1) is 0 Å². The number of nitrogens with zero attached hydrogens (tertiary/aromatic N) is 1. The molecule has 0 radical (unpaired) electrons. The highest BCUT2D eigenvalue weighted by Gasteiger charge is 2.44. The lowest BCUT2D eigenvalue weighted by Crippen LogP contribution is -2.41. The summed E-state index contributed by atoms with van der Waals surface area (Å²) in [5, 5.41) is 6.72. The lowest BCUT2D eigenvalue weighted by atomic mass is 10.0. The van der Waals surface area contributed by atoms with Crippen LogP contribution in [-0.4, -0.2) is 43.8 Å². The third-order valence-corrected chi connectivity index (χ3v) is 7.89. The molecule has 1 aromatic heterocycles. The van der Waals surface area contributed by atoms with E-state index in [9.17, 15) is 22.4 Å². The summed E-state index contributed by atoms with van der Waals surface area (Å²) in [6.45, 7) is 0.0550. The summed E-state index contributed by atoms with van der Waals surface area (Å²) in [5.41, 5.74) is 2.64. The molecule has 0 saturated carbocycles. The first-order chi connectivity index (χ1) is 15.3. The Hall–Kier alpha value is -3.08. The predicted molar refractivity (Wildman–Crippen MR) is 118 cm³/mol. The highest BCUT2D eigenvalue weighted by molar-refractivity contribution is 7.89. The van der Waals surface area contributed by atoms with Crippen LogP contribution in [0.5, 0.6) is 0 Å². The molecule has 1 saturated heterocycles. The number of fused-ring (bicyclic) bond motifs is 2. The smallest absolute Gasteiger partial charge is 0.256 e. The molecule has 2 amide bonds. The number of halogens is 1. The molecule has 1 fully saturated rings. The molecule has 10 heteroatoms. The zero-order chi connectivity index (χ0) is 22.5. The summed E-state index contributed by atoms with van der Waals surface area (Å²) < 4.78 is 41.0. The van der Waals surface area contributed by atoms with Crippen LogP contribution in [0.2, 0.25) is 0 Å². The van der Waals surface area contributed by atoms with Gasteiger partial charge in [-0.05, 0) is 70.8 Å². The van der Waals surface area contributed by atoms with Crippen molar-refractivity contribution < 1.29 is 22.4 Å². The minimum absolute atomic E-state index is 0.0550. The Morgan fingerprint density at radius 3 is 2.56 bits per heavy atom. The molecular weight excluding hydrogens is 453 g/mol. The van der Waals surface area contributed by atoms with E-state index in [2.05, 4.69) is 10.0 Å². The third kappa shape index (κ3) is 3.70. The Kier molecular flexibility index (Phi) is 5.07. The summed E-state index contributed by atoms with van der Waals surface area (Å²) >= 11 is 1.55.